The molecule has 0 unspecified atom stereocenters. The standard InChI is InChI=1S/C20H14F2N4O2/c1-12-11-23-20(27)26(12)15-6-2-5-14(10-15)19-24-17(28-25-19)9-8-13-4-3-7-16(21)18(13)22/h2-11H,1H3,(H,23,27)/b9-8+. The molecule has 140 valence electrons. The summed E-state index contributed by atoms with van der Waals surface area (Å²) in [7, 11) is 0. The van der Waals surface area contributed by atoms with Gasteiger partial charge in [0.2, 0.25) is 5.82 Å². The van der Waals surface area contributed by atoms with Crippen LogP contribution in [0.3, 0.4) is 0 Å². The first-order valence-electron chi connectivity index (χ1n) is 8.36. The van der Waals surface area contributed by atoms with Crippen LogP contribution in [0, 0.1) is 18.6 Å². The molecule has 0 aliphatic carbocycles. The van der Waals surface area contributed by atoms with E-state index in [-0.39, 0.29) is 17.1 Å². The zero-order chi connectivity index (χ0) is 19.7. The summed E-state index contributed by atoms with van der Waals surface area (Å²) in [6, 6.07) is 11.0. The molecule has 0 fully saturated rings. The molecule has 0 atom stereocenters. The molecular formula is C20H14F2N4O2. The lowest BCUT2D eigenvalue weighted by Gasteiger charge is -2.04. The third-order valence-corrected chi connectivity index (χ3v) is 4.15. The summed E-state index contributed by atoms with van der Waals surface area (Å²) in [5.74, 6) is -1.43. The molecular weight excluding hydrogens is 366 g/mol. The Morgan fingerprint density at radius 2 is 1.96 bits per heavy atom. The van der Waals surface area contributed by atoms with Crippen molar-refractivity contribution in [3.05, 3.63) is 87.9 Å². The summed E-state index contributed by atoms with van der Waals surface area (Å²) in [5, 5.41) is 3.91. The van der Waals surface area contributed by atoms with Gasteiger partial charge in [0, 0.05) is 29.1 Å². The van der Waals surface area contributed by atoms with E-state index in [2.05, 4.69) is 15.1 Å². The number of aryl methyl sites for hydroxylation is 1. The molecule has 0 aliphatic rings. The van der Waals surface area contributed by atoms with E-state index in [0.29, 0.717) is 17.1 Å². The number of aromatic nitrogens is 4. The lowest BCUT2D eigenvalue weighted by molar-refractivity contribution is 0.411. The number of benzene rings is 2. The molecule has 4 aromatic rings. The van der Waals surface area contributed by atoms with Gasteiger partial charge in [-0.1, -0.05) is 29.4 Å². The van der Waals surface area contributed by atoms with Crippen LogP contribution in [-0.4, -0.2) is 19.7 Å². The van der Waals surface area contributed by atoms with Crippen LogP contribution in [0.25, 0.3) is 29.2 Å². The van der Waals surface area contributed by atoms with Crippen molar-refractivity contribution < 1.29 is 13.3 Å². The SMILES string of the molecule is Cc1c[nH]c(=O)n1-c1cccc(-c2noc(/C=C/c3cccc(F)c3F)n2)c1. The second kappa shape index (κ2) is 7.07. The van der Waals surface area contributed by atoms with Gasteiger partial charge < -0.3 is 9.51 Å². The topological polar surface area (TPSA) is 76.7 Å². The van der Waals surface area contributed by atoms with Gasteiger partial charge in [-0.2, -0.15) is 4.98 Å². The van der Waals surface area contributed by atoms with Crippen LogP contribution < -0.4 is 5.69 Å². The Hall–Kier alpha value is -3.81. The summed E-state index contributed by atoms with van der Waals surface area (Å²) in [4.78, 5) is 18.8. The fourth-order valence-electron chi connectivity index (χ4n) is 2.79. The lowest BCUT2D eigenvalue weighted by Crippen LogP contribution is -2.15. The van der Waals surface area contributed by atoms with Gasteiger partial charge in [0.05, 0.1) is 5.69 Å². The summed E-state index contributed by atoms with van der Waals surface area (Å²) in [5.41, 5.74) is 1.89. The first-order valence-corrected chi connectivity index (χ1v) is 8.36. The normalized spacial score (nSPS) is 11.4. The molecule has 0 bridgehead atoms. The van der Waals surface area contributed by atoms with Crippen LogP contribution in [0.5, 0.6) is 0 Å². The highest BCUT2D eigenvalue weighted by Gasteiger charge is 2.11. The third kappa shape index (κ3) is 3.27. The van der Waals surface area contributed by atoms with Gasteiger partial charge in [-0.15, -0.1) is 0 Å². The number of nitrogens with zero attached hydrogens (tertiary/aromatic N) is 3. The van der Waals surface area contributed by atoms with Crippen LogP contribution in [-0.2, 0) is 0 Å². The van der Waals surface area contributed by atoms with Crippen molar-refractivity contribution >= 4 is 12.2 Å². The van der Waals surface area contributed by atoms with Crippen molar-refractivity contribution in [2.45, 2.75) is 6.92 Å². The third-order valence-electron chi connectivity index (χ3n) is 4.15. The number of imidazole rings is 1. The van der Waals surface area contributed by atoms with Crippen molar-refractivity contribution in [2.24, 2.45) is 0 Å². The maximum atomic E-state index is 13.7. The number of halogens is 2. The summed E-state index contributed by atoms with van der Waals surface area (Å²) in [6.45, 7) is 1.81. The van der Waals surface area contributed by atoms with Crippen molar-refractivity contribution in [1.82, 2.24) is 19.7 Å². The minimum absolute atomic E-state index is 0.0732. The molecule has 2 aromatic heterocycles. The van der Waals surface area contributed by atoms with E-state index in [1.807, 2.05) is 6.92 Å². The van der Waals surface area contributed by atoms with Gasteiger partial charge in [0.15, 0.2) is 11.6 Å². The maximum absolute atomic E-state index is 13.7. The molecule has 4 rings (SSSR count). The van der Waals surface area contributed by atoms with E-state index in [1.165, 1.54) is 28.9 Å². The first kappa shape index (κ1) is 17.6. The Morgan fingerprint density at radius 3 is 2.75 bits per heavy atom. The Kier molecular flexibility index (Phi) is 4.44. The zero-order valence-electron chi connectivity index (χ0n) is 14.7. The van der Waals surface area contributed by atoms with Gasteiger partial charge in [0.1, 0.15) is 0 Å². The van der Waals surface area contributed by atoms with Crippen LogP contribution in [0.1, 0.15) is 17.1 Å². The minimum Gasteiger partial charge on any atom is -0.334 e. The monoisotopic (exact) mass is 380 g/mol. The molecule has 28 heavy (non-hydrogen) atoms. The second-order valence-corrected chi connectivity index (χ2v) is 6.05. The van der Waals surface area contributed by atoms with Gasteiger partial charge >= 0.3 is 5.69 Å². The van der Waals surface area contributed by atoms with Crippen molar-refractivity contribution in [1.29, 1.82) is 0 Å². The van der Waals surface area contributed by atoms with E-state index < -0.39 is 11.6 Å². The quantitative estimate of drug-likeness (QED) is 0.581. The summed E-state index contributed by atoms with van der Waals surface area (Å²) < 4.78 is 33.6. The number of nitrogens with one attached hydrogen (secondary N) is 1. The Labute approximate surface area is 157 Å². The molecule has 8 heteroatoms. The molecule has 2 heterocycles. The minimum atomic E-state index is -0.946. The zero-order valence-corrected chi connectivity index (χ0v) is 14.7. The number of H-pyrrole nitrogens is 1. The fraction of sp³-hybridized carbons (Fsp3) is 0.0500. The highest BCUT2D eigenvalue weighted by Crippen LogP contribution is 2.21. The van der Waals surface area contributed by atoms with E-state index in [1.54, 1.807) is 30.5 Å². The predicted octanol–water partition coefficient (Wildman–Crippen LogP) is 3.97. The van der Waals surface area contributed by atoms with Gasteiger partial charge in [-0.05, 0) is 31.2 Å². The molecule has 0 spiro atoms. The number of rotatable bonds is 4. The molecule has 0 saturated heterocycles. The molecule has 6 nitrogen and oxygen atoms in total. The predicted molar refractivity (Wildman–Crippen MR) is 99.7 cm³/mol. The van der Waals surface area contributed by atoms with E-state index >= 15 is 0 Å². The summed E-state index contributed by atoms with van der Waals surface area (Å²) >= 11 is 0. The van der Waals surface area contributed by atoms with Crippen molar-refractivity contribution in [3.63, 3.8) is 0 Å². The van der Waals surface area contributed by atoms with E-state index in [0.717, 1.165) is 11.8 Å². The number of hydrogen-bond acceptors (Lipinski definition) is 4. The highest BCUT2D eigenvalue weighted by atomic mass is 19.2. The fourth-order valence-corrected chi connectivity index (χ4v) is 2.79. The number of hydrogen-bond donors (Lipinski definition) is 1. The average molecular weight is 380 g/mol. The van der Waals surface area contributed by atoms with Gasteiger partial charge in [0.25, 0.3) is 5.89 Å². The van der Waals surface area contributed by atoms with Crippen LogP contribution in [0.15, 0.2) is 58.0 Å². The maximum Gasteiger partial charge on any atom is 0.330 e. The largest absolute Gasteiger partial charge is 0.334 e. The van der Waals surface area contributed by atoms with Crippen LogP contribution in [0.4, 0.5) is 8.78 Å². The lowest BCUT2D eigenvalue weighted by atomic mass is 10.2. The van der Waals surface area contributed by atoms with Crippen molar-refractivity contribution in [3.8, 4) is 17.1 Å². The number of aromatic amines is 1. The van der Waals surface area contributed by atoms with Gasteiger partial charge in [-0.3, -0.25) is 4.57 Å². The Morgan fingerprint density at radius 1 is 1.14 bits per heavy atom. The smallest absolute Gasteiger partial charge is 0.330 e. The second-order valence-electron chi connectivity index (χ2n) is 6.05. The van der Waals surface area contributed by atoms with Crippen LogP contribution in [0.2, 0.25) is 0 Å². The average Bonchev–Trinajstić information content (AvgIpc) is 3.30. The molecule has 2 aromatic carbocycles. The molecule has 0 aliphatic heterocycles. The van der Waals surface area contributed by atoms with Crippen LogP contribution >= 0.6 is 0 Å². The Bertz CT molecular complexity index is 1240. The van der Waals surface area contributed by atoms with E-state index in [9.17, 15) is 13.6 Å². The summed E-state index contributed by atoms with van der Waals surface area (Å²) in [6.07, 6.45) is 4.38. The Balaban J connectivity index is 1.63. The van der Waals surface area contributed by atoms with Gasteiger partial charge in [-0.25, -0.2) is 13.6 Å². The highest BCUT2D eigenvalue weighted by molar-refractivity contribution is 5.67. The molecule has 0 amide bonds. The molecule has 0 saturated carbocycles. The first-order chi connectivity index (χ1) is 13.5. The van der Waals surface area contributed by atoms with Crippen molar-refractivity contribution in [2.75, 3.05) is 0 Å². The van der Waals surface area contributed by atoms with E-state index in [4.69, 9.17) is 4.52 Å². The molecule has 0 radical (unpaired) electrons. The molecule has 1 N–H and O–H groups in total.